The second-order valence-electron chi connectivity index (χ2n) is 6.33. The van der Waals surface area contributed by atoms with Crippen LogP contribution < -0.4 is 10.5 Å². The second kappa shape index (κ2) is 5.96. The standard InChI is InChI=1S/C21H15BrN4O/c1-27-17-9-6-11(10-15(17)22)18-14-8-7-13-12-4-2-3-5-16(12)24-19(13)20(14)26-21(23)25-18/h2-10,24H,1H3,(H2,23,25,26). The van der Waals surface area contributed by atoms with E-state index < -0.39 is 0 Å². The number of nitrogens with zero attached hydrogens (tertiary/aromatic N) is 2. The average Bonchev–Trinajstić information content (AvgIpc) is 3.06. The molecule has 2 aromatic heterocycles. The number of aromatic nitrogens is 3. The number of halogens is 1. The maximum Gasteiger partial charge on any atom is 0.221 e. The number of ether oxygens (including phenoxy) is 1. The van der Waals surface area contributed by atoms with E-state index in [2.05, 4.69) is 55.1 Å². The molecule has 0 atom stereocenters. The quantitative estimate of drug-likeness (QED) is 0.408. The second-order valence-corrected chi connectivity index (χ2v) is 7.19. The molecule has 0 spiro atoms. The lowest BCUT2D eigenvalue weighted by Gasteiger charge is -2.10. The van der Waals surface area contributed by atoms with Crippen LogP contribution in [-0.4, -0.2) is 22.1 Å². The minimum atomic E-state index is 0.246. The molecular formula is C21H15BrN4O. The first-order valence-corrected chi connectivity index (χ1v) is 9.25. The predicted molar refractivity (Wildman–Crippen MR) is 113 cm³/mol. The summed E-state index contributed by atoms with van der Waals surface area (Å²) in [5.41, 5.74) is 10.7. The highest BCUT2D eigenvalue weighted by Crippen LogP contribution is 2.36. The van der Waals surface area contributed by atoms with Crippen LogP contribution in [0.25, 0.3) is 44.0 Å². The third kappa shape index (κ3) is 2.44. The monoisotopic (exact) mass is 418 g/mol. The van der Waals surface area contributed by atoms with Gasteiger partial charge in [0, 0.05) is 27.2 Å². The van der Waals surface area contributed by atoms with Crippen molar-refractivity contribution in [1.29, 1.82) is 0 Å². The Morgan fingerprint density at radius 2 is 1.78 bits per heavy atom. The van der Waals surface area contributed by atoms with E-state index in [1.807, 2.05) is 30.3 Å². The summed E-state index contributed by atoms with van der Waals surface area (Å²) >= 11 is 3.54. The number of para-hydroxylation sites is 1. The van der Waals surface area contributed by atoms with E-state index in [1.54, 1.807) is 7.11 Å². The van der Waals surface area contributed by atoms with Gasteiger partial charge in [-0.05, 0) is 46.3 Å². The molecule has 0 saturated carbocycles. The van der Waals surface area contributed by atoms with Gasteiger partial charge in [-0.15, -0.1) is 0 Å². The molecule has 132 valence electrons. The van der Waals surface area contributed by atoms with Crippen molar-refractivity contribution in [1.82, 2.24) is 15.0 Å². The number of hydrogen-bond acceptors (Lipinski definition) is 4. The van der Waals surface area contributed by atoms with Crippen LogP contribution >= 0.6 is 15.9 Å². The van der Waals surface area contributed by atoms with Crippen LogP contribution in [0.4, 0.5) is 5.95 Å². The van der Waals surface area contributed by atoms with Crippen molar-refractivity contribution in [2.24, 2.45) is 0 Å². The summed E-state index contributed by atoms with van der Waals surface area (Å²) in [4.78, 5) is 12.5. The van der Waals surface area contributed by atoms with E-state index >= 15 is 0 Å². The lowest BCUT2D eigenvalue weighted by Crippen LogP contribution is -1.99. The zero-order valence-corrected chi connectivity index (χ0v) is 16.0. The van der Waals surface area contributed by atoms with Gasteiger partial charge in [-0.3, -0.25) is 0 Å². The summed E-state index contributed by atoms with van der Waals surface area (Å²) in [5, 5.41) is 3.23. The number of nitrogens with one attached hydrogen (secondary N) is 1. The highest BCUT2D eigenvalue weighted by Gasteiger charge is 2.15. The van der Waals surface area contributed by atoms with Crippen LogP contribution in [0.15, 0.2) is 59.1 Å². The molecule has 27 heavy (non-hydrogen) atoms. The average molecular weight is 419 g/mol. The van der Waals surface area contributed by atoms with Crippen molar-refractivity contribution < 1.29 is 4.74 Å². The fourth-order valence-electron chi connectivity index (χ4n) is 3.56. The molecule has 5 aromatic rings. The maximum atomic E-state index is 6.07. The van der Waals surface area contributed by atoms with Gasteiger partial charge in [0.1, 0.15) is 11.3 Å². The van der Waals surface area contributed by atoms with E-state index in [4.69, 9.17) is 10.5 Å². The van der Waals surface area contributed by atoms with Crippen LogP contribution in [0.5, 0.6) is 5.75 Å². The molecule has 0 unspecified atom stereocenters. The number of aromatic amines is 1. The summed E-state index contributed by atoms with van der Waals surface area (Å²) in [7, 11) is 1.64. The van der Waals surface area contributed by atoms with Crippen LogP contribution in [0.2, 0.25) is 0 Å². The third-order valence-corrected chi connectivity index (χ3v) is 5.41. The number of H-pyrrole nitrogens is 1. The van der Waals surface area contributed by atoms with E-state index in [9.17, 15) is 0 Å². The fourth-order valence-corrected chi connectivity index (χ4v) is 4.10. The number of rotatable bonds is 2. The van der Waals surface area contributed by atoms with Crippen LogP contribution in [0, 0.1) is 0 Å². The highest BCUT2D eigenvalue weighted by atomic mass is 79.9. The van der Waals surface area contributed by atoms with Crippen LogP contribution in [0.3, 0.4) is 0 Å². The van der Waals surface area contributed by atoms with Crippen molar-refractivity contribution in [2.75, 3.05) is 12.8 Å². The molecule has 6 heteroatoms. The van der Waals surface area contributed by atoms with Crippen molar-refractivity contribution in [3.05, 3.63) is 59.1 Å². The topological polar surface area (TPSA) is 76.8 Å². The third-order valence-electron chi connectivity index (χ3n) is 4.79. The normalized spacial score (nSPS) is 11.5. The van der Waals surface area contributed by atoms with Crippen LogP contribution in [0.1, 0.15) is 0 Å². The Kier molecular flexibility index (Phi) is 3.55. The Morgan fingerprint density at radius 1 is 0.963 bits per heavy atom. The van der Waals surface area contributed by atoms with Gasteiger partial charge in [0.05, 0.1) is 22.8 Å². The minimum Gasteiger partial charge on any atom is -0.496 e. The van der Waals surface area contributed by atoms with E-state index in [0.29, 0.717) is 0 Å². The first kappa shape index (κ1) is 16.1. The molecule has 0 amide bonds. The molecule has 0 radical (unpaired) electrons. The lowest BCUT2D eigenvalue weighted by molar-refractivity contribution is 0.412. The lowest BCUT2D eigenvalue weighted by atomic mass is 10.0. The summed E-state index contributed by atoms with van der Waals surface area (Å²) in [5.74, 6) is 1.01. The van der Waals surface area contributed by atoms with E-state index in [-0.39, 0.29) is 5.95 Å². The predicted octanol–water partition coefficient (Wildman–Crippen LogP) is 5.28. The Morgan fingerprint density at radius 3 is 2.59 bits per heavy atom. The molecule has 2 heterocycles. The molecule has 0 bridgehead atoms. The number of methoxy groups -OCH3 is 1. The zero-order valence-electron chi connectivity index (χ0n) is 14.5. The van der Waals surface area contributed by atoms with Gasteiger partial charge in [-0.25, -0.2) is 9.97 Å². The van der Waals surface area contributed by atoms with E-state index in [0.717, 1.165) is 48.8 Å². The molecule has 0 aliphatic carbocycles. The van der Waals surface area contributed by atoms with Gasteiger partial charge >= 0.3 is 0 Å². The largest absolute Gasteiger partial charge is 0.496 e. The van der Waals surface area contributed by atoms with Gasteiger partial charge in [0.2, 0.25) is 5.95 Å². The molecule has 5 rings (SSSR count). The Bertz CT molecular complexity index is 1340. The number of nitrogens with two attached hydrogens (primary N) is 1. The summed E-state index contributed by atoms with van der Waals surface area (Å²) < 4.78 is 6.19. The molecule has 0 aliphatic heterocycles. The molecule has 5 nitrogen and oxygen atoms in total. The zero-order chi connectivity index (χ0) is 18.5. The highest BCUT2D eigenvalue weighted by molar-refractivity contribution is 9.10. The molecule has 0 fully saturated rings. The summed E-state index contributed by atoms with van der Waals surface area (Å²) in [6, 6.07) is 18.3. The van der Waals surface area contributed by atoms with Crippen LogP contribution in [-0.2, 0) is 0 Å². The Balaban J connectivity index is 1.86. The Hall–Kier alpha value is -3.12. The number of hydrogen-bond donors (Lipinski definition) is 2. The van der Waals surface area contributed by atoms with Gasteiger partial charge in [0.25, 0.3) is 0 Å². The van der Waals surface area contributed by atoms with Crippen molar-refractivity contribution >= 4 is 54.6 Å². The van der Waals surface area contributed by atoms with Crippen molar-refractivity contribution in [3.8, 4) is 17.0 Å². The number of anilines is 1. The molecule has 0 saturated heterocycles. The summed E-state index contributed by atoms with van der Waals surface area (Å²) in [6.07, 6.45) is 0. The summed E-state index contributed by atoms with van der Waals surface area (Å²) in [6.45, 7) is 0. The smallest absolute Gasteiger partial charge is 0.221 e. The fraction of sp³-hybridized carbons (Fsp3) is 0.0476. The Labute approximate surface area is 163 Å². The SMILES string of the molecule is COc1ccc(-c2nc(N)nc3c2ccc2c4ccccc4[nH]c23)cc1Br. The van der Waals surface area contributed by atoms with Gasteiger partial charge < -0.3 is 15.5 Å². The molecule has 3 aromatic carbocycles. The molecule has 3 N–H and O–H groups in total. The molecular weight excluding hydrogens is 404 g/mol. The van der Waals surface area contributed by atoms with E-state index in [1.165, 1.54) is 5.39 Å². The van der Waals surface area contributed by atoms with Crippen molar-refractivity contribution in [3.63, 3.8) is 0 Å². The molecule has 0 aliphatic rings. The number of fused-ring (bicyclic) bond motifs is 5. The minimum absolute atomic E-state index is 0.246. The van der Waals surface area contributed by atoms with Gasteiger partial charge in [-0.1, -0.05) is 24.3 Å². The van der Waals surface area contributed by atoms with Crippen molar-refractivity contribution in [2.45, 2.75) is 0 Å². The van der Waals surface area contributed by atoms with Gasteiger partial charge in [-0.2, -0.15) is 0 Å². The maximum absolute atomic E-state index is 6.07. The first-order chi connectivity index (χ1) is 13.2. The van der Waals surface area contributed by atoms with Gasteiger partial charge in [0.15, 0.2) is 0 Å². The number of nitrogen functional groups attached to an aromatic ring is 1. The number of benzene rings is 3. The first-order valence-electron chi connectivity index (χ1n) is 8.46.